The predicted molar refractivity (Wildman–Crippen MR) is 110 cm³/mol. The average molecular weight is 437 g/mol. The minimum Gasteiger partial charge on any atom is -0.390 e. The van der Waals surface area contributed by atoms with E-state index in [0.29, 0.717) is 18.5 Å². The molecule has 0 spiro atoms. The number of aliphatic hydroxyl groups excluding tert-OH is 1. The van der Waals surface area contributed by atoms with Gasteiger partial charge in [0.05, 0.1) is 36.8 Å². The molecule has 172 valence electrons. The highest BCUT2D eigenvalue weighted by Crippen LogP contribution is 2.41. The molecule has 10 nitrogen and oxygen atoms in total. The predicted octanol–water partition coefficient (Wildman–Crippen LogP) is -1.34. The van der Waals surface area contributed by atoms with Crippen molar-refractivity contribution >= 4 is 5.91 Å². The molecule has 2 saturated heterocycles. The van der Waals surface area contributed by atoms with Gasteiger partial charge in [-0.2, -0.15) is 0 Å². The van der Waals surface area contributed by atoms with E-state index in [1.165, 1.54) is 0 Å². The van der Waals surface area contributed by atoms with E-state index in [0.717, 1.165) is 0 Å². The number of ether oxygens (including phenoxy) is 3. The standard InChI is InChI=1S/C21H32N4O6/c1-11-8-15(25-16(26)9-12-6-4-5-7-24-12)21(28)20(29-11)30-14-10-13(22-2)18(27)17(23-3)19(14)31-21/h4-7,11,13-15,17-20,22-23,27-28H,8-10H2,1-3H3,(H,25,26)/t11-,13+,14-,15-,17+,18+,19+,20+,21+/m1/s1. The van der Waals surface area contributed by atoms with Crippen LogP contribution in [-0.4, -0.2) is 89.8 Å². The van der Waals surface area contributed by atoms with Crippen LogP contribution in [0.15, 0.2) is 24.4 Å². The van der Waals surface area contributed by atoms with Gasteiger partial charge in [0, 0.05) is 17.9 Å². The van der Waals surface area contributed by atoms with Gasteiger partial charge in [0.15, 0.2) is 0 Å². The van der Waals surface area contributed by atoms with E-state index in [-0.39, 0.29) is 24.5 Å². The van der Waals surface area contributed by atoms with Crippen molar-refractivity contribution in [3.8, 4) is 0 Å². The molecule has 1 aromatic heterocycles. The number of nitrogens with zero attached hydrogens (tertiary/aromatic N) is 1. The summed E-state index contributed by atoms with van der Waals surface area (Å²) < 4.78 is 18.2. The molecular formula is C21H32N4O6. The summed E-state index contributed by atoms with van der Waals surface area (Å²) in [5, 5.41) is 31.3. The van der Waals surface area contributed by atoms with E-state index in [9.17, 15) is 15.0 Å². The van der Waals surface area contributed by atoms with E-state index in [4.69, 9.17) is 14.2 Å². The van der Waals surface area contributed by atoms with Gasteiger partial charge in [-0.1, -0.05) is 6.07 Å². The van der Waals surface area contributed by atoms with Gasteiger partial charge in [-0.15, -0.1) is 0 Å². The highest BCUT2D eigenvalue weighted by Gasteiger charge is 2.61. The second-order valence-corrected chi connectivity index (χ2v) is 8.58. The number of carbonyl (C=O) groups is 1. The van der Waals surface area contributed by atoms with Gasteiger partial charge >= 0.3 is 0 Å². The first kappa shape index (κ1) is 22.5. The van der Waals surface area contributed by atoms with Gasteiger partial charge in [-0.3, -0.25) is 9.78 Å². The Hall–Kier alpha value is -1.66. The molecule has 3 fully saturated rings. The Morgan fingerprint density at radius 1 is 1.26 bits per heavy atom. The second-order valence-electron chi connectivity index (χ2n) is 8.58. The Morgan fingerprint density at radius 3 is 2.74 bits per heavy atom. The third-order valence-electron chi connectivity index (χ3n) is 6.48. The Kier molecular flexibility index (Phi) is 6.59. The van der Waals surface area contributed by atoms with Crippen LogP contribution >= 0.6 is 0 Å². The molecule has 0 aromatic carbocycles. The zero-order valence-electron chi connectivity index (χ0n) is 18.0. The van der Waals surface area contributed by atoms with Crippen LogP contribution in [0.25, 0.3) is 0 Å². The zero-order chi connectivity index (χ0) is 22.2. The number of hydrogen-bond donors (Lipinski definition) is 5. The highest BCUT2D eigenvalue weighted by atomic mass is 16.8. The Morgan fingerprint density at radius 2 is 2.06 bits per heavy atom. The molecule has 4 rings (SSSR count). The third-order valence-corrected chi connectivity index (χ3v) is 6.48. The molecule has 5 N–H and O–H groups in total. The van der Waals surface area contributed by atoms with Crippen molar-refractivity contribution in [3.63, 3.8) is 0 Å². The summed E-state index contributed by atoms with van der Waals surface area (Å²) >= 11 is 0. The van der Waals surface area contributed by atoms with E-state index < -0.39 is 42.5 Å². The molecule has 3 aliphatic rings. The number of nitrogens with one attached hydrogen (secondary N) is 3. The first-order valence-corrected chi connectivity index (χ1v) is 10.8. The van der Waals surface area contributed by atoms with Crippen molar-refractivity contribution in [2.45, 2.75) is 80.8 Å². The largest absolute Gasteiger partial charge is 0.390 e. The summed E-state index contributed by atoms with van der Waals surface area (Å²) in [6.45, 7) is 1.87. The Balaban J connectivity index is 1.53. The number of likely N-dealkylation sites (N-methyl/N-ethyl adjacent to an activating group) is 2. The van der Waals surface area contributed by atoms with Crippen molar-refractivity contribution in [3.05, 3.63) is 30.1 Å². The van der Waals surface area contributed by atoms with Crippen molar-refractivity contribution in [2.75, 3.05) is 14.1 Å². The summed E-state index contributed by atoms with van der Waals surface area (Å²) in [4.78, 5) is 16.9. The molecule has 0 unspecified atom stereocenters. The smallest absolute Gasteiger partial charge is 0.239 e. The highest BCUT2D eigenvalue weighted by molar-refractivity contribution is 5.78. The lowest BCUT2D eigenvalue weighted by molar-refractivity contribution is -0.442. The third kappa shape index (κ3) is 4.34. The minimum absolute atomic E-state index is 0.0853. The van der Waals surface area contributed by atoms with Gasteiger partial charge in [0.2, 0.25) is 18.0 Å². The van der Waals surface area contributed by atoms with Gasteiger partial charge in [0.25, 0.3) is 0 Å². The van der Waals surface area contributed by atoms with E-state index in [1.807, 2.05) is 13.0 Å². The van der Waals surface area contributed by atoms with Gasteiger partial charge in [-0.05, 0) is 46.0 Å². The first-order valence-electron chi connectivity index (χ1n) is 10.8. The lowest BCUT2D eigenvalue weighted by Crippen LogP contribution is -2.76. The van der Waals surface area contributed by atoms with Crippen LogP contribution in [0.5, 0.6) is 0 Å². The van der Waals surface area contributed by atoms with Crippen LogP contribution in [0.3, 0.4) is 0 Å². The summed E-state index contributed by atoms with van der Waals surface area (Å²) in [6.07, 6.45) is -0.469. The summed E-state index contributed by atoms with van der Waals surface area (Å²) in [6, 6.07) is 3.98. The van der Waals surface area contributed by atoms with Crippen molar-refractivity contribution in [1.82, 2.24) is 20.9 Å². The monoisotopic (exact) mass is 436 g/mol. The summed E-state index contributed by atoms with van der Waals surface area (Å²) in [5.41, 5.74) is 0.633. The number of aromatic nitrogens is 1. The van der Waals surface area contributed by atoms with Crippen LogP contribution in [0.4, 0.5) is 0 Å². The lowest BCUT2D eigenvalue weighted by atomic mass is 9.81. The summed E-state index contributed by atoms with van der Waals surface area (Å²) in [5.74, 6) is -2.16. The number of carbonyl (C=O) groups excluding carboxylic acids is 1. The average Bonchev–Trinajstić information content (AvgIpc) is 2.74. The van der Waals surface area contributed by atoms with Crippen LogP contribution in [0.2, 0.25) is 0 Å². The molecule has 0 bridgehead atoms. The first-order chi connectivity index (χ1) is 14.9. The number of hydrogen-bond acceptors (Lipinski definition) is 9. The summed E-state index contributed by atoms with van der Waals surface area (Å²) in [7, 11) is 3.52. The second kappa shape index (κ2) is 9.07. The van der Waals surface area contributed by atoms with Crippen molar-refractivity contribution in [1.29, 1.82) is 0 Å². The van der Waals surface area contributed by atoms with Gasteiger partial charge < -0.3 is 40.4 Å². The number of rotatable bonds is 5. The number of aliphatic hydroxyl groups is 2. The Labute approximate surface area is 181 Å². The topological polar surface area (TPSA) is 134 Å². The SMILES string of the molecule is CN[C@H]1[C@@H](O)[C@@H](NC)C[C@H]2O[C@@H]3O[C@H](C)C[C@@H](NC(=O)Cc4ccccn4)[C@]3(O)O[C@H]12. The van der Waals surface area contributed by atoms with Crippen LogP contribution < -0.4 is 16.0 Å². The van der Waals surface area contributed by atoms with Crippen molar-refractivity contribution < 1.29 is 29.2 Å². The van der Waals surface area contributed by atoms with E-state index >= 15 is 0 Å². The van der Waals surface area contributed by atoms with Gasteiger partial charge in [0.1, 0.15) is 6.10 Å². The fraction of sp³-hybridized carbons (Fsp3) is 0.714. The Bertz CT molecular complexity index is 769. The van der Waals surface area contributed by atoms with Crippen molar-refractivity contribution in [2.24, 2.45) is 0 Å². The molecule has 10 heteroatoms. The van der Waals surface area contributed by atoms with Gasteiger partial charge in [-0.25, -0.2) is 0 Å². The molecule has 0 radical (unpaired) electrons. The maximum atomic E-state index is 12.7. The molecular weight excluding hydrogens is 404 g/mol. The lowest BCUT2D eigenvalue weighted by Gasteiger charge is -2.56. The number of amides is 1. The molecule has 1 aliphatic carbocycles. The fourth-order valence-corrected chi connectivity index (χ4v) is 4.85. The van der Waals surface area contributed by atoms with Crippen LogP contribution in [-0.2, 0) is 25.4 Å². The molecule has 31 heavy (non-hydrogen) atoms. The number of pyridine rings is 1. The van der Waals surface area contributed by atoms with Crippen LogP contribution in [0, 0.1) is 0 Å². The molecule has 9 atom stereocenters. The van der Waals surface area contributed by atoms with E-state index in [2.05, 4.69) is 20.9 Å². The van der Waals surface area contributed by atoms with Crippen LogP contribution in [0.1, 0.15) is 25.5 Å². The molecule has 1 aromatic rings. The maximum absolute atomic E-state index is 12.7. The zero-order valence-corrected chi connectivity index (χ0v) is 18.0. The quantitative estimate of drug-likeness (QED) is 0.380. The molecule has 2 aliphatic heterocycles. The minimum atomic E-state index is -1.88. The normalized spacial score (nSPS) is 42.4. The fourth-order valence-electron chi connectivity index (χ4n) is 4.85. The number of fused-ring (bicyclic) bond motifs is 2. The molecule has 1 amide bonds. The molecule has 1 saturated carbocycles. The molecule has 3 heterocycles. The van der Waals surface area contributed by atoms with E-state index in [1.54, 1.807) is 32.4 Å². The maximum Gasteiger partial charge on any atom is 0.239 e.